The molecule has 4 aromatic carbocycles. The van der Waals surface area contributed by atoms with Crippen LogP contribution in [0.3, 0.4) is 0 Å². The van der Waals surface area contributed by atoms with E-state index in [1.54, 1.807) is 13.2 Å². The van der Waals surface area contributed by atoms with Gasteiger partial charge in [0.15, 0.2) is 0 Å². The van der Waals surface area contributed by atoms with Crippen LogP contribution in [0.1, 0.15) is 29.0 Å². The van der Waals surface area contributed by atoms with Gasteiger partial charge < -0.3 is 34.5 Å². The van der Waals surface area contributed by atoms with E-state index in [9.17, 15) is 10.2 Å². The van der Waals surface area contributed by atoms with Gasteiger partial charge in [-0.1, -0.05) is 54.6 Å². The summed E-state index contributed by atoms with van der Waals surface area (Å²) in [5, 5.41) is 25.8. The summed E-state index contributed by atoms with van der Waals surface area (Å²) in [4.78, 5) is 0. The van der Waals surface area contributed by atoms with Crippen molar-refractivity contribution in [3.05, 3.63) is 102 Å². The van der Waals surface area contributed by atoms with Crippen LogP contribution in [0.5, 0.6) is 17.2 Å². The first-order valence-electron chi connectivity index (χ1n) is 14.2. The van der Waals surface area contributed by atoms with Crippen molar-refractivity contribution in [1.82, 2.24) is 5.32 Å². The molecule has 0 unspecified atom stereocenters. The zero-order chi connectivity index (χ0) is 28.4. The van der Waals surface area contributed by atoms with E-state index in [-0.39, 0.29) is 30.3 Å². The number of hydrogen-bond donors (Lipinski definition) is 3. The molecule has 1 fully saturated rings. The number of benzene rings is 4. The van der Waals surface area contributed by atoms with Crippen molar-refractivity contribution in [1.29, 1.82) is 0 Å². The predicted molar refractivity (Wildman–Crippen MR) is 160 cm³/mol. The van der Waals surface area contributed by atoms with E-state index in [4.69, 9.17) is 18.9 Å². The number of rotatable bonds is 13. The van der Waals surface area contributed by atoms with Crippen LogP contribution in [-0.2, 0) is 22.7 Å². The van der Waals surface area contributed by atoms with E-state index in [0.717, 1.165) is 51.9 Å². The molecule has 0 amide bonds. The van der Waals surface area contributed by atoms with Gasteiger partial charge in [-0.05, 0) is 46.8 Å². The van der Waals surface area contributed by atoms with Crippen LogP contribution >= 0.6 is 0 Å². The van der Waals surface area contributed by atoms with Gasteiger partial charge in [-0.3, -0.25) is 0 Å². The van der Waals surface area contributed by atoms with Gasteiger partial charge in [0, 0.05) is 48.9 Å². The number of para-hydroxylation sites is 1. The first-order valence-corrected chi connectivity index (χ1v) is 14.2. The number of aromatic hydroxyl groups is 1. The Bertz CT molecular complexity index is 1390. The lowest BCUT2D eigenvalue weighted by atomic mass is 9.79. The van der Waals surface area contributed by atoms with Crippen LogP contribution in [0.15, 0.2) is 84.9 Å². The Kier molecular flexibility index (Phi) is 10.1. The highest BCUT2D eigenvalue weighted by Crippen LogP contribution is 2.34. The highest BCUT2D eigenvalue weighted by Gasteiger charge is 2.35. The van der Waals surface area contributed by atoms with Gasteiger partial charge in [0.25, 0.3) is 0 Å². The second-order valence-corrected chi connectivity index (χ2v) is 10.4. The number of fused-ring (bicyclic) bond motifs is 1. The number of aliphatic hydroxyl groups is 1. The standard InChI is InChI=1S/C34H39NO6/c1-38-32-10-5-3-8-27(32)23-39-15-6-16-40-29-13-11-25(12-14-29)34-28(21-36)19-35-20-33(34)41-22-24-17-26-7-2-4-9-30(26)31(37)18-24/h2-5,7-14,17-18,28,33-37H,6,15-16,19-23H2,1H3/t28-,33-,34-/m0/s1. The number of methoxy groups -OCH3 is 1. The van der Waals surface area contributed by atoms with Crippen LogP contribution < -0.4 is 14.8 Å². The summed E-state index contributed by atoms with van der Waals surface area (Å²) >= 11 is 0. The van der Waals surface area contributed by atoms with Crippen molar-refractivity contribution < 1.29 is 29.2 Å². The number of piperidine rings is 1. The molecule has 0 aromatic heterocycles. The number of ether oxygens (including phenoxy) is 4. The van der Waals surface area contributed by atoms with Crippen molar-refractivity contribution in [2.45, 2.75) is 31.7 Å². The topological polar surface area (TPSA) is 89.4 Å². The van der Waals surface area contributed by atoms with E-state index < -0.39 is 0 Å². The summed E-state index contributed by atoms with van der Waals surface area (Å²) < 4.78 is 23.5. The van der Waals surface area contributed by atoms with E-state index in [1.807, 2.05) is 60.7 Å². The lowest BCUT2D eigenvalue weighted by molar-refractivity contribution is -0.0151. The molecule has 3 N–H and O–H groups in total. The van der Waals surface area contributed by atoms with Crippen molar-refractivity contribution >= 4 is 10.8 Å². The van der Waals surface area contributed by atoms with Gasteiger partial charge in [0.2, 0.25) is 0 Å². The molecule has 0 aliphatic carbocycles. The number of phenolic OH excluding ortho intramolecular Hbond substituents is 1. The predicted octanol–water partition coefficient (Wildman–Crippen LogP) is 5.42. The van der Waals surface area contributed by atoms with Crippen molar-refractivity contribution in [3.8, 4) is 17.2 Å². The van der Waals surface area contributed by atoms with Crippen LogP contribution in [0, 0.1) is 5.92 Å². The second kappa shape index (κ2) is 14.3. The summed E-state index contributed by atoms with van der Waals surface area (Å²) in [7, 11) is 1.67. The fourth-order valence-electron chi connectivity index (χ4n) is 5.58. The molecule has 0 radical (unpaired) electrons. The molecule has 216 valence electrons. The highest BCUT2D eigenvalue weighted by atomic mass is 16.5. The molecule has 3 atom stereocenters. The Hall–Kier alpha value is -3.62. The minimum Gasteiger partial charge on any atom is -0.507 e. The Morgan fingerprint density at radius 1 is 0.878 bits per heavy atom. The average molecular weight is 558 g/mol. The van der Waals surface area contributed by atoms with Gasteiger partial charge in [-0.25, -0.2) is 0 Å². The largest absolute Gasteiger partial charge is 0.507 e. The van der Waals surface area contributed by atoms with E-state index in [0.29, 0.717) is 33.0 Å². The lowest BCUT2D eigenvalue weighted by Crippen LogP contribution is -2.47. The van der Waals surface area contributed by atoms with Gasteiger partial charge in [0.05, 0.1) is 39.6 Å². The molecule has 1 aliphatic rings. The van der Waals surface area contributed by atoms with Gasteiger partial charge >= 0.3 is 0 Å². The number of phenols is 1. The Morgan fingerprint density at radius 3 is 2.51 bits per heavy atom. The summed E-state index contributed by atoms with van der Waals surface area (Å²) in [5.74, 6) is 1.96. The zero-order valence-corrected chi connectivity index (χ0v) is 23.5. The molecule has 0 saturated carbocycles. The molecule has 0 bridgehead atoms. The van der Waals surface area contributed by atoms with E-state index in [2.05, 4.69) is 23.5 Å². The van der Waals surface area contributed by atoms with Crippen molar-refractivity contribution in [2.24, 2.45) is 5.92 Å². The molecule has 7 nitrogen and oxygen atoms in total. The number of aliphatic hydroxyl groups excluding tert-OH is 1. The maximum Gasteiger partial charge on any atom is 0.124 e. The number of nitrogens with one attached hydrogen (secondary N) is 1. The summed E-state index contributed by atoms with van der Waals surface area (Å²) in [6.45, 7) is 3.52. The average Bonchev–Trinajstić information content (AvgIpc) is 3.02. The third-order valence-corrected chi connectivity index (χ3v) is 7.68. The van der Waals surface area contributed by atoms with E-state index in [1.165, 1.54) is 0 Å². The molecule has 4 aromatic rings. The smallest absolute Gasteiger partial charge is 0.124 e. The van der Waals surface area contributed by atoms with Crippen LogP contribution in [0.4, 0.5) is 0 Å². The molecular weight excluding hydrogens is 518 g/mol. The Morgan fingerprint density at radius 2 is 1.68 bits per heavy atom. The third-order valence-electron chi connectivity index (χ3n) is 7.68. The molecule has 1 aliphatic heterocycles. The fourth-order valence-corrected chi connectivity index (χ4v) is 5.58. The first-order chi connectivity index (χ1) is 20.2. The Labute approximate surface area is 241 Å². The van der Waals surface area contributed by atoms with Crippen molar-refractivity contribution in [2.75, 3.05) is 40.0 Å². The lowest BCUT2D eigenvalue weighted by Gasteiger charge is -2.38. The van der Waals surface area contributed by atoms with Gasteiger partial charge in [-0.2, -0.15) is 0 Å². The Balaban J connectivity index is 1.14. The molecule has 41 heavy (non-hydrogen) atoms. The van der Waals surface area contributed by atoms with Crippen LogP contribution in [0.25, 0.3) is 10.8 Å². The minimum atomic E-state index is -0.123. The SMILES string of the molecule is COc1ccccc1COCCCOc1ccc([C@H]2[C@H](CO)CNC[C@@H]2OCc2cc(O)c3ccccc3c2)cc1. The third kappa shape index (κ3) is 7.37. The van der Waals surface area contributed by atoms with Crippen LogP contribution in [0.2, 0.25) is 0 Å². The summed E-state index contributed by atoms with van der Waals surface area (Å²) in [5.41, 5.74) is 3.06. The summed E-state index contributed by atoms with van der Waals surface area (Å²) in [6.07, 6.45) is 0.652. The van der Waals surface area contributed by atoms with Crippen LogP contribution in [-0.4, -0.2) is 56.3 Å². The van der Waals surface area contributed by atoms with E-state index >= 15 is 0 Å². The molecule has 1 saturated heterocycles. The maximum absolute atomic E-state index is 10.5. The molecule has 7 heteroatoms. The van der Waals surface area contributed by atoms with Gasteiger partial charge in [0.1, 0.15) is 17.2 Å². The minimum absolute atomic E-state index is 0.0333. The molecule has 0 spiro atoms. The number of hydrogen-bond acceptors (Lipinski definition) is 7. The monoisotopic (exact) mass is 557 g/mol. The molecule has 5 rings (SSSR count). The maximum atomic E-state index is 10.5. The zero-order valence-electron chi connectivity index (χ0n) is 23.5. The first kappa shape index (κ1) is 28.9. The quantitative estimate of drug-likeness (QED) is 0.189. The van der Waals surface area contributed by atoms with Crippen molar-refractivity contribution in [3.63, 3.8) is 0 Å². The molecular formula is C34H39NO6. The normalized spacial score (nSPS) is 18.8. The fraction of sp³-hybridized carbons (Fsp3) is 0.353. The second-order valence-electron chi connectivity index (χ2n) is 10.4. The summed E-state index contributed by atoms with van der Waals surface area (Å²) in [6, 6.07) is 27.6. The molecule has 1 heterocycles. The van der Waals surface area contributed by atoms with Gasteiger partial charge in [-0.15, -0.1) is 0 Å². The highest BCUT2D eigenvalue weighted by molar-refractivity contribution is 5.88.